The molecule has 0 aromatic heterocycles. The molecule has 53 valence electrons. The molecule has 0 bridgehead atoms. The van der Waals surface area contributed by atoms with Crippen LogP contribution < -0.4 is 10.6 Å². The van der Waals surface area contributed by atoms with E-state index in [0.29, 0.717) is 12.1 Å². The number of rotatable bonds is 0. The maximum Gasteiger partial charge on any atom is 0.0836 e. The van der Waals surface area contributed by atoms with Crippen molar-refractivity contribution in [2.24, 2.45) is 0 Å². The van der Waals surface area contributed by atoms with Gasteiger partial charge in [-0.05, 0) is 6.42 Å². The predicted octanol–water partition coefficient (Wildman–Crippen LogP) is 0.405. The van der Waals surface area contributed by atoms with Crippen LogP contribution in [-0.4, -0.2) is 18.6 Å². The standard InChI is InChI=1S/C8H11N2/c1-3-7-8(9-5-1)4-2-6-10-7/h1-3,6-9H,4-5H2. The number of nitrogens with one attached hydrogen (secondary N) is 1. The molecule has 0 aromatic carbocycles. The smallest absolute Gasteiger partial charge is 0.0836 e. The Labute approximate surface area is 61.0 Å². The summed E-state index contributed by atoms with van der Waals surface area (Å²) in [7, 11) is 0. The molecular formula is C8H11N2. The highest BCUT2D eigenvalue weighted by molar-refractivity contribution is 5.11. The fraction of sp³-hybridized carbons (Fsp3) is 0.500. The van der Waals surface area contributed by atoms with Crippen molar-refractivity contribution < 1.29 is 0 Å². The van der Waals surface area contributed by atoms with Crippen LogP contribution in [-0.2, 0) is 0 Å². The van der Waals surface area contributed by atoms with E-state index < -0.39 is 0 Å². The van der Waals surface area contributed by atoms with E-state index >= 15 is 0 Å². The summed E-state index contributed by atoms with van der Waals surface area (Å²) < 4.78 is 0. The lowest BCUT2D eigenvalue weighted by molar-refractivity contribution is 0.426. The van der Waals surface area contributed by atoms with Crippen molar-refractivity contribution in [3.8, 4) is 0 Å². The molecule has 2 unspecified atom stereocenters. The van der Waals surface area contributed by atoms with E-state index in [1.165, 1.54) is 0 Å². The molecule has 0 saturated carbocycles. The monoisotopic (exact) mass is 135 g/mol. The molecule has 1 N–H and O–H groups in total. The average molecular weight is 135 g/mol. The Hall–Kier alpha value is -0.760. The van der Waals surface area contributed by atoms with E-state index in [4.69, 9.17) is 0 Å². The summed E-state index contributed by atoms with van der Waals surface area (Å²) in [6.07, 6.45) is 9.48. The summed E-state index contributed by atoms with van der Waals surface area (Å²) in [6.45, 7) is 1.00. The third-order valence-corrected chi connectivity index (χ3v) is 2.00. The topological polar surface area (TPSA) is 26.1 Å². The van der Waals surface area contributed by atoms with Gasteiger partial charge in [-0.1, -0.05) is 18.2 Å². The van der Waals surface area contributed by atoms with Gasteiger partial charge >= 0.3 is 0 Å². The summed E-state index contributed by atoms with van der Waals surface area (Å²) in [5.41, 5.74) is 0. The van der Waals surface area contributed by atoms with Crippen molar-refractivity contribution in [3.05, 3.63) is 24.4 Å². The molecule has 2 atom stereocenters. The van der Waals surface area contributed by atoms with Crippen molar-refractivity contribution in [2.45, 2.75) is 18.5 Å². The van der Waals surface area contributed by atoms with E-state index in [9.17, 15) is 0 Å². The van der Waals surface area contributed by atoms with E-state index in [1.807, 2.05) is 6.20 Å². The Morgan fingerprint density at radius 3 is 3.30 bits per heavy atom. The first-order chi connectivity index (χ1) is 4.97. The number of hydrogen-bond acceptors (Lipinski definition) is 1. The first-order valence-corrected chi connectivity index (χ1v) is 3.72. The highest BCUT2D eigenvalue weighted by Gasteiger charge is 2.21. The number of fused-ring (bicyclic) bond motifs is 1. The average Bonchev–Trinajstić information content (AvgIpc) is 2.05. The van der Waals surface area contributed by atoms with Crippen LogP contribution in [0.25, 0.3) is 0 Å². The molecule has 2 heteroatoms. The summed E-state index contributed by atoms with van der Waals surface area (Å²) in [5, 5.41) is 7.71. The van der Waals surface area contributed by atoms with Crippen LogP contribution in [0.2, 0.25) is 0 Å². The van der Waals surface area contributed by atoms with Gasteiger partial charge in [-0.25, -0.2) is 0 Å². The zero-order chi connectivity index (χ0) is 6.81. The van der Waals surface area contributed by atoms with Gasteiger partial charge in [0.2, 0.25) is 0 Å². The molecule has 1 radical (unpaired) electrons. The highest BCUT2D eigenvalue weighted by Crippen LogP contribution is 2.11. The van der Waals surface area contributed by atoms with E-state index in [-0.39, 0.29) is 0 Å². The van der Waals surface area contributed by atoms with Gasteiger partial charge in [-0.15, -0.1) is 0 Å². The van der Waals surface area contributed by atoms with E-state index in [1.54, 1.807) is 0 Å². The normalized spacial score (nSPS) is 36.8. The van der Waals surface area contributed by atoms with E-state index in [2.05, 4.69) is 28.9 Å². The second-order valence-electron chi connectivity index (χ2n) is 2.70. The van der Waals surface area contributed by atoms with Crippen LogP contribution in [0.4, 0.5) is 0 Å². The fourth-order valence-corrected chi connectivity index (χ4v) is 1.43. The van der Waals surface area contributed by atoms with Crippen molar-refractivity contribution in [1.29, 1.82) is 0 Å². The summed E-state index contributed by atoms with van der Waals surface area (Å²) in [6, 6.07) is 0.966. The van der Waals surface area contributed by atoms with Gasteiger partial charge in [0.05, 0.1) is 6.04 Å². The van der Waals surface area contributed by atoms with E-state index in [0.717, 1.165) is 13.0 Å². The van der Waals surface area contributed by atoms with Crippen molar-refractivity contribution >= 4 is 0 Å². The van der Waals surface area contributed by atoms with Gasteiger partial charge in [0, 0.05) is 18.8 Å². The van der Waals surface area contributed by atoms with Crippen molar-refractivity contribution in [3.63, 3.8) is 0 Å². The molecule has 2 aliphatic heterocycles. The minimum atomic E-state index is 0.402. The van der Waals surface area contributed by atoms with Crippen LogP contribution in [0, 0.1) is 0 Å². The molecule has 2 heterocycles. The summed E-state index contributed by atoms with van der Waals surface area (Å²) >= 11 is 0. The summed E-state index contributed by atoms with van der Waals surface area (Å²) in [5.74, 6) is 0. The molecule has 2 nitrogen and oxygen atoms in total. The summed E-state index contributed by atoms with van der Waals surface area (Å²) in [4.78, 5) is 0. The Morgan fingerprint density at radius 2 is 2.40 bits per heavy atom. The largest absolute Gasteiger partial charge is 0.308 e. The van der Waals surface area contributed by atoms with Crippen LogP contribution >= 0.6 is 0 Å². The molecule has 10 heavy (non-hydrogen) atoms. The van der Waals surface area contributed by atoms with Gasteiger partial charge in [0.25, 0.3) is 0 Å². The first kappa shape index (κ1) is 5.98. The first-order valence-electron chi connectivity index (χ1n) is 3.72. The Morgan fingerprint density at radius 1 is 1.40 bits per heavy atom. The minimum absolute atomic E-state index is 0.402. The third-order valence-electron chi connectivity index (χ3n) is 2.00. The SMILES string of the molecule is C1=CC2[N]C=CCC2NC1. The lowest BCUT2D eigenvalue weighted by atomic mass is 9.99. The Kier molecular flexibility index (Phi) is 1.47. The van der Waals surface area contributed by atoms with Gasteiger partial charge in [-0.2, -0.15) is 0 Å². The Balaban J connectivity index is 2.12. The second kappa shape index (κ2) is 2.46. The lowest BCUT2D eigenvalue weighted by Crippen LogP contribution is -2.46. The fourth-order valence-electron chi connectivity index (χ4n) is 1.43. The quantitative estimate of drug-likeness (QED) is 0.478. The minimum Gasteiger partial charge on any atom is -0.308 e. The molecule has 2 aliphatic rings. The molecule has 0 saturated heterocycles. The van der Waals surface area contributed by atoms with Crippen LogP contribution in [0.1, 0.15) is 6.42 Å². The molecular weight excluding hydrogens is 124 g/mol. The zero-order valence-electron chi connectivity index (χ0n) is 5.83. The molecule has 2 rings (SSSR count). The Bertz CT molecular complexity index is 172. The van der Waals surface area contributed by atoms with Crippen LogP contribution in [0.5, 0.6) is 0 Å². The second-order valence-corrected chi connectivity index (χ2v) is 2.70. The molecule has 0 aromatic rings. The van der Waals surface area contributed by atoms with Gasteiger partial charge in [-0.3, -0.25) is 5.32 Å². The predicted molar refractivity (Wildman–Crippen MR) is 40.6 cm³/mol. The van der Waals surface area contributed by atoms with Crippen LogP contribution in [0.3, 0.4) is 0 Å². The lowest BCUT2D eigenvalue weighted by Gasteiger charge is -2.29. The van der Waals surface area contributed by atoms with Gasteiger partial charge in [0.15, 0.2) is 0 Å². The number of nitrogens with zero attached hydrogens (tertiary/aromatic N) is 1. The number of hydrogen-bond donors (Lipinski definition) is 1. The molecule has 0 spiro atoms. The maximum atomic E-state index is 4.32. The molecule has 0 fully saturated rings. The van der Waals surface area contributed by atoms with Crippen molar-refractivity contribution in [1.82, 2.24) is 10.6 Å². The third kappa shape index (κ3) is 0.948. The van der Waals surface area contributed by atoms with Gasteiger partial charge < -0.3 is 5.32 Å². The maximum absolute atomic E-state index is 4.32. The molecule has 0 amide bonds. The van der Waals surface area contributed by atoms with Crippen molar-refractivity contribution in [2.75, 3.05) is 6.54 Å². The molecule has 0 aliphatic carbocycles. The zero-order valence-corrected chi connectivity index (χ0v) is 5.83. The highest BCUT2D eigenvalue weighted by atomic mass is 15.0. The van der Waals surface area contributed by atoms with Gasteiger partial charge in [0.1, 0.15) is 0 Å². The van der Waals surface area contributed by atoms with Crippen LogP contribution in [0.15, 0.2) is 24.4 Å².